The molecule has 0 saturated heterocycles. The number of nitrogens with one attached hydrogen (secondary N) is 2. The van der Waals surface area contributed by atoms with Gasteiger partial charge < -0.3 is 15.7 Å². The average molecular weight is 569 g/mol. The lowest BCUT2D eigenvalue weighted by Crippen LogP contribution is -2.45. The average Bonchev–Trinajstić information content (AvgIpc) is 3.20. The summed E-state index contributed by atoms with van der Waals surface area (Å²) in [6.07, 6.45) is -4.08. The molecule has 0 saturated carbocycles. The highest BCUT2D eigenvalue weighted by Crippen LogP contribution is 2.30. The first-order valence-corrected chi connectivity index (χ1v) is 10.7. The Hall–Kier alpha value is -1.44. The second kappa shape index (κ2) is 12.0. The quantitative estimate of drug-likeness (QED) is 0.272. The van der Waals surface area contributed by atoms with Crippen LogP contribution in [-0.2, 0) is 25.7 Å². The second-order valence-electron chi connectivity index (χ2n) is 7.11. The minimum atomic E-state index is -4.44. The molecule has 1 aliphatic heterocycles. The lowest BCUT2D eigenvalue weighted by Gasteiger charge is -2.30. The molecule has 0 aliphatic carbocycles. The Bertz CT molecular complexity index is 861. The Morgan fingerprint density at radius 2 is 2.03 bits per heavy atom. The number of benzene rings is 1. The van der Waals surface area contributed by atoms with Crippen LogP contribution in [-0.4, -0.2) is 53.2 Å². The first-order valence-electron chi connectivity index (χ1n) is 9.86. The molecule has 3 rings (SSSR count). The molecular formula is C20H27F3IN5OS. The van der Waals surface area contributed by atoms with E-state index in [-0.39, 0.29) is 42.1 Å². The van der Waals surface area contributed by atoms with Crippen molar-refractivity contribution in [1.82, 2.24) is 20.5 Å². The molecule has 1 atom stereocenters. The van der Waals surface area contributed by atoms with Gasteiger partial charge in [0, 0.05) is 38.1 Å². The molecule has 2 aromatic rings. The van der Waals surface area contributed by atoms with Gasteiger partial charge in [-0.3, -0.25) is 4.90 Å². The van der Waals surface area contributed by atoms with Gasteiger partial charge in [-0.05, 0) is 24.5 Å². The fraction of sp³-hybridized carbons (Fsp3) is 0.500. The Kier molecular flexibility index (Phi) is 9.97. The molecule has 1 unspecified atom stereocenters. The van der Waals surface area contributed by atoms with Gasteiger partial charge in [-0.1, -0.05) is 24.3 Å². The zero-order chi connectivity index (χ0) is 21.6. The topological polar surface area (TPSA) is 72.8 Å². The number of hydrogen-bond acceptors (Lipinski definition) is 5. The van der Waals surface area contributed by atoms with Gasteiger partial charge in [-0.2, -0.15) is 13.2 Å². The second-order valence-corrected chi connectivity index (χ2v) is 8.05. The van der Waals surface area contributed by atoms with Crippen molar-refractivity contribution in [2.75, 3.05) is 26.2 Å². The largest absolute Gasteiger partial charge is 0.434 e. The maximum Gasteiger partial charge on any atom is 0.434 e. The number of halogens is 4. The van der Waals surface area contributed by atoms with E-state index in [1.807, 2.05) is 19.1 Å². The Labute approximate surface area is 201 Å². The van der Waals surface area contributed by atoms with E-state index in [2.05, 4.69) is 37.6 Å². The van der Waals surface area contributed by atoms with Crippen LogP contribution in [0, 0.1) is 0 Å². The summed E-state index contributed by atoms with van der Waals surface area (Å²) in [5.74, 6) is 0.435. The van der Waals surface area contributed by atoms with E-state index in [0.29, 0.717) is 19.0 Å². The van der Waals surface area contributed by atoms with Crippen molar-refractivity contribution >= 4 is 41.3 Å². The molecule has 1 aromatic carbocycles. The van der Waals surface area contributed by atoms with Crippen molar-refractivity contribution in [3.8, 4) is 0 Å². The van der Waals surface area contributed by atoms with Crippen LogP contribution in [0.4, 0.5) is 13.2 Å². The third-order valence-electron chi connectivity index (χ3n) is 4.74. The Balaban J connectivity index is 0.00000341. The van der Waals surface area contributed by atoms with Gasteiger partial charge in [-0.25, -0.2) is 9.98 Å². The molecule has 6 nitrogen and oxygen atoms in total. The third kappa shape index (κ3) is 7.88. The van der Waals surface area contributed by atoms with Gasteiger partial charge in [-0.15, -0.1) is 35.3 Å². The zero-order valence-electron chi connectivity index (χ0n) is 17.2. The number of hydrogen-bond donors (Lipinski definition) is 3. The molecule has 0 fully saturated rings. The van der Waals surface area contributed by atoms with Crippen molar-refractivity contribution in [3.63, 3.8) is 0 Å². The lowest BCUT2D eigenvalue weighted by molar-refractivity contribution is -0.140. The predicted octanol–water partition coefficient (Wildman–Crippen LogP) is 3.25. The fourth-order valence-corrected chi connectivity index (χ4v) is 4.01. The fourth-order valence-electron chi connectivity index (χ4n) is 3.29. The number of β-amino-alcohol motifs (C(OH)–C–C–N with tert-alkyl or cyclic N) is 1. The van der Waals surface area contributed by atoms with Crippen LogP contribution in [0.15, 0.2) is 34.6 Å². The van der Waals surface area contributed by atoms with Gasteiger partial charge in [0.15, 0.2) is 11.7 Å². The maximum absolute atomic E-state index is 12.7. The molecule has 2 heterocycles. The van der Waals surface area contributed by atoms with Crippen molar-refractivity contribution < 1.29 is 18.3 Å². The van der Waals surface area contributed by atoms with E-state index < -0.39 is 18.0 Å². The summed E-state index contributed by atoms with van der Waals surface area (Å²) in [7, 11) is 0. The SMILES string of the molecule is CCNC(=NCc1nc(C(F)(F)F)cs1)NCC(O)CN1CCc2ccccc2C1.I. The van der Waals surface area contributed by atoms with E-state index in [0.717, 1.165) is 36.2 Å². The molecular weight excluding hydrogens is 542 g/mol. The molecule has 0 spiro atoms. The number of nitrogens with zero attached hydrogens (tertiary/aromatic N) is 3. The van der Waals surface area contributed by atoms with E-state index in [1.165, 1.54) is 11.1 Å². The smallest absolute Gasteiger partial charge is 0.390 e. The number of thiazole rings is 1. The van der Waals surface area contributed by atoms with E-state index >= 15 is 0 Å². The molecule has 3 N–H and O–H groups in total. The Morgan fingerprint density at radius 3 is 2.71 bits per heavy atom. The minimum Gasteiger partial charge on any atom is -0.390 e. The molecule has 1 aliphatic rings. The van der Waals surface area contributed by atoms with Crippen LogP contribution < -0.4 is 10.6 Å². The van der Waals surface area contributed by atoms with Crippen molar-refractivity contribution in [2.24, 2.45) is 4.99 Å². The summed E-state index contributed by atoms with van der Waals surface area (Å²) >= 11 is 0.929. The van der Waals surface area contributed by atoms with Crippen LogP contribution in [0.2, 0.25) is 0 Å². The molecule has 0 bridgehead atoms. The number of aliphatic hydroxyl groups excluding tert-OH is 1. The number of alkyl halides is 3. The summed E-state index contributed by atoms with van der Waals surface area (Å²) in [4.78, 5) is 10.1. The van der Waals surface area contributed by atoms with Crippen molar-refractivity contribution in [2.45, 2.75) is 38.7 Å². The van der Waals surface area contributed by atoms with Gasteiger partial charge in [0.05, 0.1) is 12.6 Å². The van der Waals surface area contributed by atoms with Crippen LogP contribution in [0.5, 0.6) is 0 Å². The van der Waals surface area contributed by atoms with Crippen molar-refractivity contribution in [1.29, 1.82) is 0 Å². The number of rotatable bonds is 7. The Morgan fingerprint density at radius 1 is 1.29 bits per heavy atom. The number of guanidine groups is 1. The highest BCUT2D eigenvalue weighted by molar-refractivity contribution is 14.0. The highest BCUT2D eigenvalue weighted by Gasteiger charge is 2.33. The van der Waals surface area contributed by atoms with E-state index in [1.54, 1.807) is 0 Å². The number of fused-ring (bicyclic) bond motifs is 1. The first-order chi connectivity index (χ1) is 14.3. The van der Waals surface area contributed by atoms with Crippen LogP contribution in [0.1, 0.15) is 28.8 Å². The molecule has 31 heavy (non-hydrogen) atoms. The summed E-state index contributed by atoms with van der Waals surface area (Å²) < 4.78 is 38.0. The van der Waals surface area contributed by atoms with Gasteiger partial charge in [0.1, 0.15) is 5.01 Å². The van der Waals surface area contributed by atoms with Crippen LogP contribution in [0.3, 0.4) is 0 Å². The summed E-state index contributed by atoms with van der Waals surface area (Å²) in [6, 6.07) is 8.33. The lowest BCUT2D eigenvalue weighted by atomic mass is 10.00. The normalized spacial score (nSPS) is 15.7. The summed E-state index contributed by atoms with van der Waals surface area (Å²) in [5, 5.41) is 17.8. The molecule has 172 valence electrons. The number of aliphatic hydroxyl groups is 1. The summed E-state index contributed by atoms with van der Waals surface area (Å²) in [5.41, 5.74) is 1.76. The monoisotopic (exact) mass is 569 g/mol. The van der Waals surface area contributed by atoms with Crippen LogP contribution >= 0.6 is 35.3 Å². The first kappa shape index (κ1) is 25.8. The van der Waals surface area contributed by atoms with Gasteiger partial charge in [0.2, 0.25) is 0 Å². The molecule has 1 aromatic heterocycles. The molecule has 0 radical (unpaired) electrons. The van der Waals surface area contributed by atoms with Crippen LogP contribution in [0.25, 0.3) is 0 Å². The highest BCUT2D eigenvalue weighted by atomic mass is 127. The standard InChI is InChI=1S/C20H26F3N5OS.HI/c1-2-24-19(26-10-18-27-17(13-30-18)20(21,22)23)25-9-16(29)12-28-8-7-14-5-3-4-6-15(14)11-28;/h3-6,13,16,29H,2,7-12H2,1H3,(H2,24,25,26);1H. The predicted molar refractivity (Wildman–Crippen MR) is 127 cm³/mol. The number of aromatic nitrogens is 1. The van der Waals surface area contributed by atoms with Gasteiger partial charge >= 0.3 is 6.18 Å². The maximum atomic E-state index is 12.7. The minimum absolute atomic E-state index is 0. The zero-order valence-corrected chi connectivity index (χ0v) is 20.3. The molecule has 0 amide bonds. The third-order valence-corrected chi connectivity index (χ3v) is 5.58. The van der Waals surface area contributed by atoms with E-state index in [9.17, 15) is 18.3 Å². The molecule has 11 heteroatoms. The van der Waals surface area contributed by atoms with E-state index in [4.69, 9.17) is 0 Å². The number of aliphatic imine (C=N–C) groups is 1. The van der Waals surface area contributed by atoms with Crippen molar-refractivity contribution in [3.05, 3.63) is 51.5 Å². The van der Waals surface area contributed by atoms with Gasteiger partial charge in [0.25, 0.3) is 0 Å². The summed E-state index contributed by atoms with van der Waals surface area (Å²) in [6.45, 7) is 5.05.